The molecule has 12 heteroatoms. The van der Waals surface area contributed by atoms with Crippen molar-refractivity contribution in [1.82, 2.24) is 9.88 Å². The first-order chi connectivity index (χ1) is 16.8. The number of aromatic nitrogens is 1. The van der Waals surface area contributed by atoms with Crippen molar-refractivity contribution in [3.63, 3.8) is 0 Å². The summed E-state index contributed by atoms with van der Waals surface area (Å²) in [6.45, 7) is 5.84. The molecular weight excluding hydrogens is 485 g/mol. The summed E-state index contributed by atoms with van der Waals surface area (Å²) in [6.07, 6.45) is 0.678. The van der Waals surface area contributed by atoms with Crippen molar-refractivity contribution in [3.8, 4) is 0 Å². The number of hydrogen-bond donors (Lipinski definition) is 4. The van der Waals surface area contributed by atoms with Crippen molar-refractivity contribution in [2.24, 2.45) is 11.5 Å². The molecule has 192 valence electrons. The molecule has 7 nitrogen and oxygen atoms in total. The largest absolute Gasteiger partial charge is 0.403 e. The molecule has 0 saturated heterocycles. The van der Waals surface area contributed by atoms with Gasteiger partial charge in [0.2, 0.25) is 0 Å². The van der Waals surface area contributed by atoms with Gasteiger partial charge in [-0.2, -0.15) is 0 Å². The molecule has 0 bridgehead atoms. The maximum atomic E-state index is 13.7. The number of carbonyl (C=O) groups is 2. The molecule has 2 aliphatic rings. The van der Waals surface area contributed by atoms with Crippen molar-refractivity contribution in [2.75, 3.05) is 5.32 Å². The van der Waals surface area contributed by atoms with Crippen molar-refractivity contribution in [1.29, 1.82) is 0 Å². The van der Waals surface area contributed by atoms with Crippen LogP contribution in [0.5, 0.6) is 0 Å². The average molecular weight is 509 g/mol. The third-order valence-electron chi connectivity index (χ3n) is 6.65. The number of nitrogens with one attached hydrogen (secondary N) is 2. The second kappa shape index (κ2) is 8.68. The molecule has 1 aliphatic heterocycles. The van der Waals surface area contributed by atoms with E-state index in [0.29, 0.717) is 48.3 Å². The first kappa shape index (κ1) is 25.3. The van der Waals surface area contributed by atoms with Crippen molar-refractivity contribution in [2.45, 2.75) is 50.6 Å². The molecule has 4 rings (SSSR count). The molecule has 0 spiro atoms. The van der Waals surface area contributed by atoms with Gasteiger partial charge in [0.05, 0.1) is 11.2 Å². The SMILES string of the molecule is C=C(C(=O)NC1(/C(N)=C/N)CC(F)(F)C1)c1c(C)c(C(=O)Nc2cc(F)c(F)c(F)c2)n2c1CCC2. The van der Waals surface area contributed by atoms with Gasteiger partial charge in [-0.25, -0.2) is 22.0 Å². The zero-order chi connectivity index (χ0) is 26.6. The number of anilines is 1. The second-order valence-electron chi connectivity index (χ2n) is 9.10. The van der Waals surface area contributed by atoms with Crippen LogP contribution in [-0.2, 0) is 17.8 Å². The maximum Gasteiger partial charge on any atom is 0.272 e. The minimum absolute atomic E-state index is 0.0597. The van der Waals surface area contributed by atoms with Crippen LogP contribution in [0.2, 0.25) is 0 Å². The quantitative estimate of drug-likeness (QED) is 0.271. The highest BCUT2D eigenvalue weighted by Gasteiger charge is 2.59. The summed E-state index contributed by atoms with van der Waals surface area (Å²) in [7, 11) is 0. The number of hydrogen-bond acceptors (Lipinski definition) is 4. The van der Waals surface area contributed by atoms with Gasteiger partial charge in [0.15, 0.2) is 17.5 Å². The van der Waals surface area contributed by atoms with Crippen LogP contribution < -0.4 is 22.1 Å². The summed E-state index contributed by atoms with van der Waals surface area (Å²) < 4.78 is 69.5. The van der Waals surface area contributed by atoms with Crippen LogP contribution in [0, 0.1) is 24.4 Å². The zero-order valence-electron chi connectivity index (χ0n) is 19.3. The Balaban J connectivity index is 1.64. The summed E-state index contributed by atoms with van der Waals surface area (Å²) in [5.74, 6) is -9.09. The molecule has 2 aromatic rings. The Hall–Kier alpha value is -3.83. The number of carbonyl (C=O) groups excluding carboxylic acids is 2. The van der Waals surface area contributed by atoms with E-state index in [1.54, 1.807) is 11.5 Å². The number of halogens is 5. The lowest BCUT2D eigenvalue weighted by atomic mass is 9.71. The van der Waals surface area contributed by atoms with E-state index in [9.17, 15) is 31.5 Å². The Morgan fingerprint density at radius 3 is 2.33 bits per heavy atom. The topological polar surface area (TPSA) is 115 Å². The van der Waals surface area contributed by atoms with E-state index in [1.165, 1.54) is 0 Å². The summed E-state index contributed by atoms with van der Waals surface area (Å²) >= 11 is 0. The molecule has 1 aliphatic carbocycles. The lowest BCUT2D eigenvalue weighted by Crippen LogP contribution is -2.65. The van der Waals surface area contributed by atoms with Gasteiger partial charge >= 0.3 is 0 Å². The first-order valence-electron chi connectivity index (χ1n) is 11.1. The number of alkyl halides is 2. The number of fused-ring (bicyclic) bond motifs is 1. The molecule has 36 heavy (non-hydrogen) atoms. The highest BCUT2D eigenvalue weighted by molar-refractivity contribution is 6.20. The number of benzene rings is 1. The van der Waals surface area contributed by atoms with Gasteiger partial charge in [-0.1, -0.05) is 6.58 Å². The van der Waals surface area contributed by atoms with Crippen molar-refractivity contribution < 1.29 is 31.5 Å². The Morgan fingerprint density at radius 1 is 1.17 bits per heavy atom. The van der Waals surface area contributed by atoms with Crippen LogP contribution >= 0.6 is 0 Å². The van der Waals surface area contributed by atoms with Crippen LogP contribution in [0.3, 0.4) is 0 Å². The molecular formula is C24H24F5N5O2. The van der Waals surface area contributed by atoms with Gasteiger partial charge < -0.3 is 26.7 Å². The van der Waals surface area contributed by atoms with Crippen molar-refractivity contribution >= 4 is 23.1 Å². The van der Waals surface area contributed by atoms with E-state index in [0.717, 1.165) is 6.20 Å². The normalized spacial score (nSPS) is 17.8. The second-order valence-corrected chi connectivity index (χ2v) is 9.10. The van der Waals surface area contributed by atoms with Gasteiger partial charge in [-0.15, -0.1) is 0 Å². The van der Waals surface area contributed by atoms with Crippen LogP contribution in [0.1, 0.15) is 46.6 Å². The summed E-state index contributed by atoms with van der Waals surface area (Å²) in [6, 6.07) is 1.30. The average Bonchev–Trinajstić information content (AvgIpc) is 3.34. The molecule has 1 aromatic heterocycles. The maximum absolute atomic E-state index is 13.7. The Bertz CT molecular complexity index is 1300. The lowest BCUT2D eigenvalue weighted by molar-refractivity contribution is -0.136. The molecule has 1 aromatic carbocycles. The predicted octanol–water partition coefficient (Wildman–Crippen LogP) is 3.47. The fourth-order valence-electron chi connectivity index (χ4n) is 4.99. The Labute approximate surface area is 203 Å². The Morgan fingerprint density at radius 2 is 1.78 bits per heavy atom. The van der Waals surface area contributed by atoms with Gasteiger partial charge in [0, 0.05) is 60.2 Å². The van der Waals surface area contributed by atoms with Gasteiger partial charge in [0.1, 0.15) is 5.69 Å². The van der Waals surface area contributed by atoms with E-state index < -0.39 is 53.6 Å². The first-order valence-corrected chi connectivity index (χ1v) is 11.1. The van der Waals surface area contributed by atoms with Crippen LogP contribution in [0.25, 0.3) is 5.57 Å². The third kappa shape index (κ3) is 4.10. The molecule has 0 radical (unpaired) electrons. The third-order valence-corrected chi connectivity index (χ3v) is 6.65. The van der Waals surface area contributed by atoms with E-state index in [-0.39, 0.29) is 22.7 Å². The molecule has 2 heterocycles. The molecule has 6 N–H and O–H groups in total. The van der Waals surface area contributed by atoms with Gasteiger partial charge in [0.25, 0.3) is 17.7 Å². The van der Waals surface area contributed by atoms with E-state index in [2.05, 4.69) is 17.2 Å². The fourth-order valence-corrected chi connectivity index (χ4v) is 4.99. The molecule has 1 fully saturated rings. The minimum atomic E-state index is -3.01. The fraction of sp³-hybridized carbons (Fsp3) is 0.333. The standard InChI is InChI=1S/C24H24F5N5O2/c1-11-18(12(2)21(35)33-23(17(31)8-30)9-24(28,29)10-23)16-4-3-5-34(16)20(11)22(36)32-13-6-14(25)19(27)15(26)7-13/h6-8H,2-5,9-10,30-31H2,1H3,(H,32,36)(H,33,35)/b17-8-. The van der Waals surface area contributed by atoms with Crippen LogP contribution in [-0.4, -0.2) is 27.8 Å². The van der Waals surface area contributed by atoms with Crippen molar-refractivity contribution in [3.05, 3.63) is 70.6 Å². The minimum Gasteiger partial charge on any atom is -0.403 e. The zero-order valence-corrected chi connectivity index (χ0v) is 19.3. The van der Waals surface area contributed by atoms with E-state index >= 15 is 0 Å². The summed E-state index contributed by atoms with van der Waals surface area (Å²) in [5.41, 5.74) is 10.7. The number of rotatable bonds is 6. The van der Waals surface area contributed by atoms with Gasteiger partial charge in [-0.3, -0.25) is 9.59 Å². The molecule has 2 amide bonds. The molecule has 1 saturated carbocycles. The number of nitrogens with zero attached hydrogens (tertiary/aromatic N) is 1. The van der Waals surface area contributed by atoms with E-state index in [1.807, 2.05) is 0 Å². The Kier molecular flexibility index (Phi) is 6.09. The predicted molar refractivity (Wildman–Crippen MR) is 122 cm³/mol. The summed E-state index contributed by atoms with van der Waals surface area (Å²) in [5, 5.41) is 4.88. The number of amides is 2. The van der Waals surface area contributed by atoms with Crippen LogP contribution in [0.4, 0.5) is 27.6 Å². The molecule has 0 atom stereocenters. The van der Waals surface area contributed by atoms with Crippen LogP contribution in [0.15, 0.2) is 30.6 Å². The lowest BCUT2D eigenvalue weighted by Gasteiger charge is -2.47. The monoisotopic (exact) mass is 509 g/mol. The smallest absolute Gasteiger partial charge is 0.272 e. The highest BCUT2D eigenvalue weighted by Crippen LogP contribution is 2.48. The van der Waals surface area contributed by atoms with E-state index in [4.69, 9.17) is 11.5 Å². The number of nitrogens with two attached hydrogens (primary N) is 2. The van der Waals surface area contributed by atoms with Gasteiger partial charge in [-0.05, 0) is 25.3 Å². The highest BCUT2D eigenvalue weighted by atomic mass is 19.3. The molecule has 0 unspecified atom stereocenters. The summed E-state index contributed by atoms with van der Waals surface area (Å²) in [4.78, 5) is 26.2.